The Morgan fingerprint density at radius 3 is 1.62 bits per heavy atom. The van der Waals surface area contributed by atoms with E-state index >= 15 is 0 Å². The minimum atomic E-state index is -1.20. The number of carboxylic acid groups (broad SMARTS) is 1. The van der Waals surface area contributed by atoms with Gasteiger partial charge in [0, 0.05) is 0 Å². The van der Waals surface area contributed by atoms with Crippen molar-refractivity contribution in [1.29, 1.82) is 0 Å². The Balaban J connectivity index is 5.43. The SMILES string of the molecule is CC(C)CC(NC(=O)C(NC(=O)C(CC(C)C)NC(=O)C(N)CC(N)=O)C(C)C)C(=O)O. The zero-order valence-corrected chi connectivity index (χ0v) is 19.8. The molecule has 0 radical (unpaired) electrons. The first-order chi connectivity index (χ1) is 14.6. The lowest BCUT2D eigenvalue weighted by Crippen LogP contribution is -2.58. The second-order valence-corrected chi connectivity index (χ2v) is 9.23. The number of rotatable bonds is 14. The third-order valence-electron chi connectivity index (χ3n) is 4.67. The number of carboxylic acids is 1. The summed E-state index contributed by atoms with van der Waals surface area (Å²) in [5.41, 5.74) is 10.7. The van der Waals surface area contributed by atoms with Crippen molar-refractivity contribution < 1.29 is 29.1 Å². The van der Waals surface area contributed by atoms with Crippen LogP contribution in [-0.4, -0.2) is 58.9 Å². The van der Waals surface area contributed by atoms with Gasteiger partial charge in [0.25, 0.3) is 0 Å². The van der Waals surface area contributed by atoms with E-state index in [2.05, 4.69) is 16.0 Å². The molecule has 0 aliphatic rings. The zero-order chi connectivity index (χ0) is 25.2. The van der Waals surface area contributed by atoms with Gasteiger partial charge in [-0.3, -0.25) is 19.2 Å². The predicted molar refractivity (Wildman–Crippen MR) is 119 cm³/mol. The predicted octanol–water partition coefficient (Wildman–Crippen LogP) is -0.524. The van der Waals surface area contributed by atoms with Crippen molar-refractivity contribution in [3.8, 4) is 0 Å². The minimum absolute atomic E-state index is 0.0205. The number of carbonyl (C=O) groups is 5. The molecular formula is C21H39N5O6. The number of carbonyl (C=O) groups excluding carboxylic acids is 4. The summed E-state index contributed by atoms with van der Waals surface area (Å²) in [6, 6.07) is -4.30. The number of hydrogen-bond donors (Lipinski definition) is 6. The smallest absolute Gasteiger partial charge is 0.326 e. The molecule has 0 aromatic heterocycles. The molecule has 184 valence electrons. The Hall–Kier alpha value is -2.69. The average Bonchev–Trinajstić information content (AvgIpc) is 2.62. The highest BCUT2D eigenvalue weighted by Gasteiger charge is 2.32. The molecule has 0 saturated carbocycles. The third kappa shape index (κ3) is 11.1. The van der Waals surface area contributed by atoms with Crippen molar-refractivity contribution in [2.45, 2.75) is 85.0 Å². The first kappa shape index (κ1) is 29.3. The lowest BCUT2D eigenvalue weighted by atomic mass is 9.98. The van der Waals surface area contributed by atoms with Gasteiger partial charge in [-0.25, -0.2) is 4.79 Å². The number of aliphatic carboxylic acids is 1. The molecule has 0 aromatic carbocycles. The fraction of sp³-hybridized carbons (Fsp3) is 0.762. The Morgan fingerprint density at radius 1 is 0.750 bits per heavy atom. The van der Waals surface area contributed by atoms with Gasteiger partial charge in [-0.2, -0.15) is 0 Å². The Morgan fingerprint density at radius 2 is 1.22 bits per heavy atom. The summed E-state index contributed by atoms with van der Waals surface area (Å²) in [4.78, 5) is 60.5. The van der Waals surface area contributed by atoms with Gasteiger partial charge in [0.05, 0.1) is 12.5 Å². The standard InChI is InChI=1S/C21H39N5O6/c1-10(2)7-14(24-18(28)13(22)9-16(23)27)19(29)26-17(12(5)6)20(30)25-15(21(31)32)8-11(3)4/h10-15,17H,7-9,22H2,1-6H3,(H2,23,27)(H,24,28)(H,25,30)(H,26,29)(H,31,32). The van der Waals surface area contributed by atoms with Gasteiger partial charge in [-0.1, -0.05) is 41.5 Å². The van der Waals surface area contributed by atoms with Crippen LogP contribution >= 0.6 is 0 Å². The fourth-order valence-electron chi connectivity index (χ4n) is 3.03. The molecule has 11 heteroatoms. The van der Waals surface area contributed by atoms with E-state index in [0.29, 0.717) is 0 Å². The number of amides is 4. The third-order valence-corrected chi connectivity index (χ3v) is 4.67. The second kappa shape index (κ2) is 13.7. The number of nitrogens with one attached hydrogen (secondary N) is 3. The van der Waals surface area contributed by atoms with Gasteiger partial charge in [-0.05, 0) is 30.6 Å². The fourth-order valence-corrected chi connectivity index (χ4v) is 3.03. The average molecular weight is 458 g/mol. The van der Waals surface area contributed by atoms with Crippen LogP contribution in [-0.2, 0) is 24.0 Å². The summed E-state index contributed by atoms with van der Waals surface area (Å²) in [5.74, 6) is -4.13. The molecule has 0 fully saturated rings. The lowest BCUT2D eigenvalue weighted by Gasteiger charge is -2.28. The highest BCUT2D eigenvalue weighted by molar-refractivity contribution is 5.95. The summed E-state index contributed by atoms with van der Waals surface area (Å²) in [5, 5.41) is 17.0. The first-order valence-electron chi connectivity index (χ1n) is 10.8. The molecule has 4 atom stereocenters. The van der Waals surface area contributed by atoms with Gasteiger partial charge in [0.15, 0.2) is 0 Å². The van der Waals surface area contributed by atoms with Gasteiger partial charge in [0.1, 0.15) is 18.1 Å². The summed E-state index contributed by atoms with van der Waals surface area (Å²) in [6.07, 6.45) is 0.132. The molecule has 0 aliphatic heterocycles. The summed E-state index contributed by atoms with van der Waals surface area (Å²) in [6.45, 7) is 10.8. The number of nitrogens with two attached hydrogens (primary N) is 2. The van der Waals surface area contributed by atoms with E-state index in [0.717, 1.165) is 0 Å². The van der Waals surface area contributed by atoms with Gasteiger partial charge in [0.2, 0.25) is 23.6 Å². The Labute approximate surface area is 189 Å². The maximum atomic E-state index is 12.9. The molecular weight excluding hydrogens is 418 g/mol. The van der Waals surface area contributed by atoms with Gasteiger partial charge < -0.3 is 32.5 Å². The molecule has 0 aliphatic carbocycles. The van der Waals surface area contributed by atoms with E-state index < -0.39 is 53.8 Å². The maximum Gasteiger partial charge on any atom is 0.326 e. The van der Waals surface area contributed by atoms with Crippen molar-refractivity contribution in [3.05, 3.63) is 0 Å². The molecule has 0 spiro atoms. The van der Waals surface area contributed by atoms with Crippen molar-refractivity contribution in [2.24, 2.45) is 29.2 Å². The summed E-state index contributed by atoms with van der Waals surface area (Å²) >= 11 is 0. The monoisotopic (exact) mass is 457 g/mol. The van der Waals surface area contributed by atoms with E-state index in [4.69, 9.17) is 11.5 Å². The van der Waals surface area contributed by atoms with E-state index in [1.54, 1.807) is 13.8 Å². The van der Waals surface area contributed by atoms with Crippen molar-refractivity contribution >= 4 is 29.6 Å². The maximum absolute atomic E-state index is 12.9. The lowest BCUT2D eigenvalue weighted by molar-refractivity contribution is -0.143. The van der Waals surface area contributed by atoms with Crippen molar-refractivity contribution in [1.82, 2.24) is 16.0 Å². The molecule has 0 saturated heterocycles. The Kier molecular flexibility index (Phi) is 12.5. The quantitative estimate of drug-likeness (QED) is 0.202. The van der Waals surface area contributed by atoms with Crippen molar-refractivity contribution in [3.63, 3.8) is 0 Å². The van der Waals surface area contributed by atoms with Crippen molar-refractivity contribution in [2.75, 3.05) is 0 Å². The van der Waals surface area contributed by atoms with Gasteiger partial charge >= 0.3 is 5.97 Å². The highest BCUT2D eigenvalue weighted by atomic mass is 16.4. The normalized spacial score (nSPS) is 15.1. The molecule has 0 rings (SSSR count). The van der Waals surface area contributed by atoms with Crippen LogP contribution < -0.4 is 27.4 Å². The van der Waals surface area contributed by atoms with E-state index in [1.165, 1.54) is 0 Å². The first-order valence-corrected chi connectivity index (χ1v) is 10.8. The van der Waals surface area contributed by atoms with E-state index in [1.807, 2.05) is 27.7 Å². The second-order valence-electron chi connectivity index (χ2n) is 9.23. The van der Waals surface area contributed by atoms with Crippen LogP contribution in [0, 0.1) is 17.8 Å². The van der Waals surface area contributed by atoms with Crippen LogP contribution in [0.1, 0.15) is 60.8 Å². The zero-order valence-electron chi connectivity index (χ0n) is 19.8. The molecule has 11 nitrogen and oxygen atoms in total. The van der Waals surface area contributed by atoms with Gasteiger partial charge in [-0.15, -0.1) is 0 Å². The highest BCUT2D eigenvalue weighted by Crippen LogP contribution is 2.10. The van der Waals surface area contributed by atoms with Crippen LogP contribution in [0.2, 0.25) is 0 Å². The summed E-state index contributed by atoms with van der Waals surface area (Å²) in [7, 11) is 0. The van der Waals surface area contributed by atoms with Crippen LogP contribution in [0.4, 0.5) is 0 Å². The van der Waals surface area contributed by atoms with Crippen LogP contribution in [0.3, 0.4) is 0 Å². The van der Waals surface area contributed by atoms with Crippen LogP contribution in [0.5, 0.6) is 0 Å². The topological polar surface area (TPSA) is 194 Å². The van der Waals surface area contributed by atoms with E-state index in [9.17, 15) is 29.1 Å². The molecule has 0 aromatic rings. The van der Waals surface area contributed by atoms with E-state index in [-0.39, 0.29) is 37.0 Å². The minimum Gasteiger partial charge on any atom is -0.480 e. The molecule has 8 N–H and O–H groups in total. The summed E-state index contributed by atoms with van der Waals surface area (Å²) < 4.78 is 0. The largest absolute Gasteiger partial charge is 0.480 e. The number of hydrogen-bond acceptors (Lipinski definition) is 6. The molecule has 4 unspecified atom stereocenters. The van der Waals surface area contributed by atoms with Crippen LogP contribution in [0.25, 0.3) is 0 Å². The molecule has 4 amide bonds. The van der Waals surface area contributed by atoms with Crippen LogP contribution in [0.15, 0.2) is 0 Å². The number of primary amides is 1. The molecule has 0 heterocycles. The molecule has 32 heavy (non-hydrogen) atoms. The Bertz CT molecular complexity index is 680. The molecule has 0 bridgehead atoms.